The second-order valence-corrected chi connectivity index (χ2v) is 6.78. The van der Waals surface area contributed by atoms with Gasteiger partial charge in [0.25, 0.3) is 0 Å². The fraction of sp³-hybridized carbons (Fsp3) is 0.600. The van der Waals surface area contributed by atoms with Crippen molar-refractivity contribution in [1.29, 1.82) is 0 Å². The molecule has 27 heavy (non-hydrogen) atoms. The Balaban J connectivity index is 0.00000364. The first-order valence-corrected chi connectivity index (χ1v) is 9.39. The Labute approximate surface area is 167 Å². The molecule has 6 nitrogen and oxygen atoms in total. The van der Waals surface area contributed by atoms with Gasteiger partial charge >= 0.3 is 5.97 Å². The molecule has 0 spiro atoms. The van der Waals surface area contributed by atoms with Crippen molar-refractivity contribution >= 4 is 24.2 Å². The van der Waals surface area contributed by atoms with Crippen LogP contribution < -0.4 is 4.74 Å². The summed E-state index contributed by atoms with van der Waals surface area (Å²) in [7, 11) is 0. The summed E-state index contributed by atoms with van der Waals surface area (Å²) in [4.78, 5) is 27.1. The number of ketones is 1. The molecule has 7 heteroatoms. The highest BCUT2D eigenvalue weighted by Gasteiger charge is 2.25. The van der Waals surface area contributed by atoms with E-state index in [-0.39, 0.29) is 24.7 Å². The van der Waals surface area contributed by atoms with Crippen molar-refractivity contribution < 1.29 is 19.4 Å². The van der Waals surface area contributed by atoms with Gasteiger partial charge in [0, 0.05) is 23.7 Å². The van der Waals surface area contributed by atoms with Gasteiger partial charge in [0.1, 0.15) is 5.75 Å². The first-order chi connectivity index (χ1) is 12.4. The van der Waals surface area contributed by atoms with Gasteiger partial charge in [-0.3, -0.25) is 19.4 Å². The van der Waals surface area contributed by atoms with Crippen LogP contribution in [0.2, 0.25) is 0 Å². The maximum Gasteiger partial charge on any atom is 0.317 e. The smallest absolute Gasteiger partial charge is 0.317 e. The van der Waals surface area contributed by atoms with Crippen molar-refractivity contribution in [1.82, 2.24) is 9.80 Å². The van der Waals surface area contributed by atoms with E-state index in [0.29, 0.717) is 18.2 Å². The molecule has 0 aliphatic carbocycles. The van der Waals surface area contributed by atoms with Crippen molar-refractivity contribution in [2.75, 3.05) is 32.8 Å². The SMILES string of the molecule is CCOc1ccc(C(C)=O)cc1CN1CCC(N(CC)CC(=O)O)CC1.Cl. The summed E-state index contributed by atoms with van der Waals surface area (Å²) in [5, 5.41) is 9.05. The van der Waals surface area contributed by atoms with Gasteiger partial charge in [0.05, 0.1) is 13.2 Å². The van der Waals surface area contributed by atoms with Crippen LogP contribution in [0, 0.1) is 0 Å². The van der Waals surface area contributed by atoms with Gasteiger partial charge in [-0.1, -0.05) is 6.92 Å². The van der Waals surface area contributed by atoms with Gasteiger partial charge in [-0.05, 0) is 64.5 Å². The van der Waals surface area contributed by atoms with E-state index in [4.69, 9.17) is 9.84 Å². The number of carboxylic acids is 1. The van der Waals surface area contributed by atoms with E-state index < -0.39 is 5.97 Å². The first-order valence-electron chi connectivity index (χ1n) is 9.39. The van der Waals surface area contributed by atoms with Gasteiger partial charge in [0.15, 0.2) is 5.78 Å². The normalized spacial score (nSPS) is 15.4. The molecule has 1 aromatic rings. The molecule has 1 aromatic carbocycles. The molecule has 2 rings (SSSR count). The Morgan fingerprint density at radius 1 is 1.26 bits per heavy atom. The standard InChI is InChI=1S/C20H30N2O4.ClH/c1-4-22(14-20(24)25)18-8-10-21(11-9-18)13-17-12-16(15(3)23)6-7-19(17)26-5-2;/h6-7,12,18H,4-5,8-11,13-14H2,1-3H3,(H,24,25);1H. The van der Waals surface area contributed by atoms with Crippen LogP contribution in [0.5, 0.6) is 5.75 Å². The van der Waals surface area contributed by atoms with Crippen molar-refractivity contribution in [3.8, 4) is 5.75 Å². The van der Waals surface area contributed by atoms with Gasteiger partial charge in [0.2, 0.25) is 0 Å². The number of carbonyl (C=O) groups is 2. The number of carboxylic acid groups (broad SMARTS) is 1. The number of benzene rings is 1. The molecule has 1 fully saturated rings. The third kappa shape index (κ3) is 6.79. The number of nitrogens with zero attached hydrogens (tertiary/aromatic N) is 2. The Hall–Kier alpha value is -1.63. The van der Waals surface area contributed by atoms with E-state index in [1.807, 2.05) is 36.9 Å². The molecule has 0 radical (unpaired) electrons. The highest BCUT2D eigenvalue weighted by atomic mass is 35.5. The molecule has 1 aliphatic rings. The molecule has 152 valence electrons. The van der Waals surface area contributed by atoms with E-state index in [0.717, 1.165) is 50.3 Å². The molecule has 1 heterocycles. The Morgan fingerprint density at radius 3 is 2.44 bits per heavy atom. The number of likely N-dealkylation sites (tertiary alicyclic amines) is 1. The minimum atomic E-state index is -0.767. The van der Waals surface area contributed by atoms with Crippen molar-refractivity contribution in [2.24, 2.45) is 0 Å². The van der Waals surface area contributed by atoms with E-state index in [1.54, 1.807) is 6.92 Å². The molecule has 0 amide bonds. The molecule has 0 atom stereocenters. The van der Waals surface area contributed by atoms with Crippen molar-refractivity contribution in [3.63, 3.8) is 0 Å². The molecule has 1 N–H and O–H groups in total. The van der Waals surface area contributed by atoms with Crippen LogP contribution >= 0.6 is 12.4 Å². The molecule has 1 aliphatic heterocycles. The van der Waals surface area contributed by atoms with Crippen LogP contribution in [0.15, 0.2) is 18.2 Å². The fourth-order valence-electron chi connectivity index (χ4n) is 3.57. The zero-order chi connectivity index (χ0) is 19.1. The fourth-order valence-corrected chi connectivity index (χ4v) is 3.57. The van der Waals surface area contributed by atoms with Crippen LogP contribution in [-0.2, 0) is 11.3 Å². The predicted molar refractivity (Wildman–Crippen MR) is 108 cm³/mol. The Kier molecular flexibility index (Phi) is 9.77. The third-order valence-electron chi connectivity index (χ3n) is 4.98. The average Bonchev–Trinajstić information content (AvgIpc) is 2.61. The van der Waals surface area contributed by atoms with Crippen LogP contribution in [0.3, 0.4) is 0 Å². The minimum Gasteiger partial charge on any atom is -0.494 e. The molecular weight excluding hydrogens is 368 g/mol. The summed E-state index contributed by atoms with van der Waals surface area (Å²) in [6.07, 6.45) is 1.91. The minimum absolute atomic E-state index is 0. The highest BCUT2D eigenvalue weighted by molar-refractivity contribution is 5.94. The van der Waals surface area contributed by atoms with Crippen molar-refractivity contribution in [2.45, 2.75) is 46.2 Å². The number of rotatable bonds is 9. The second-order valence-electron chi connectivity index (χ2n) is 6.78. The van der Waals surface area contributed by atoms with Gasteiger partial charge in [-0.15, -0.1) is 12.4 Å². The van der Waals surface area contributed by atoms with Crippen molar-refractivity contribution in [3.05, 3.63) is 29.3 Å². The summed E-state index contributed by atoms with van der Waals surface area (Å²) in [5.74, 6) is 0.123. The summed E-state index contributed by atoms with van der Waals surface area (Å²) in [6, 6.07) is 5.95. The Bertz CT molecular complexity index is 630. The van der Waals surface area contributed by atoms with Crippen LogP contribution in [0.1, 0.15) is 49.5 Å². The third-order valence-corrected chi connectivity index (χ3v) is 4.98. The van der Waals surface area contributed by atoms with E-state index >= 15 is 0 Å². The first kappa shape index (κ1) is 23.4. The lowest BCUT2D eigenvalue weighted by atomic mass is 10.0. The zero-order valence-corrected chi connectivity index (χ0v) is 17.3. The number of hydrogen-bond donors (Lipinski definition) is 1. The summed E-state index contributed by atoms with van der Waals surface area (Å²) < 4.78 is 5.72. The number of halogens is 1. The number of piperidine rings is 1. The lowest BCUT2D eigenvalue weighted by molar-refractivity contribution is -0.139. The molecule has 0 aromatic heterocycles. The molecule has 0 bridgehead atoms. The second kappa shape index (κ2) is 11.3. The van der Waals surface area contributed by atoms with E-state index in [2.05, 4.69) is 4.90 Å². The van der Waals surface area contributed by atoms with Crippen LogP contribution in [0.4, 0.5) is 0 Å². The topological polar surface area (TPSA) is 70.1 Å². The highest BCUT2D eigenvalue weighted by Crippen LogP contribution is 2.25. The molecule has 0 saturated carbocycles. The zero-order valence-electron chi connectivity index (χ0n) is 16.4. The molecule has 0 unspecified atom stereocenters. The predicted octanol–water partition coefficient (Wildman–Crippen LogP) is 3.08. The number of carbonyl (C=O) groups excluding carboxylic acids is 1. The largest absolute Gasteiger partial charge is 0.494 e. The van der Waals surface area contributed by atoms with E-state index in [9.17, 15) is 9.59 Å². The Morgan fingerprint density at radius 2 is 1.93 bits per heavy atom. The number of ether oxygens (including phenoxy) is 1. The summed E-state index contributed by atoms with van der Waals surface area (Å²) >= 11 is 0. The number of hydrogen-bond acceptors (Lipinski definition) is 5. The summed E-state index contributed by atoms with van der Waals surface area (Å²) in [6.45, 7) is 9.57. The number of Topliss-reactive ketones (excluding diaryl/α,β-unsaturated/α-hetero) is 1. The molecular formula is C20H31ClN2O4. The van der Waals surface area contributed by atoms with Crippen LogP contribution in [0.25, 0.3) is 0 Å². The average molecular weight is 399 g/mol. The van der Waals surface area contributed by atoms with Gasteiger partial charge in [-0.25, -0.2) is 0 Å². The van der Waals surface area contributed by atoms with Gasteiger partial charge < -0.3 is 9.84 Å². The maximum atomic E-state index is 11.7. The van der Waals surface area contributed by atoms with Gasteiger partial charge in [-0.2, -0.15) is 0 Å². The maximum absolute atomic E-state index is 11.7. The molecule has 1 saturated heterocycles. The monoisotopic (exact) mass is 398 g/mol. The van der Waals surface area contributed by atoms with Crippen LogP contribution in [-0.4, -0.2) is 65.5 Å². The quantitative estimate of drug-likeness (QED) is 0.644. The summed E-state index contributed by atoms with van der Waals surface area (Å²) in [5.41, 5.74) is 1.74. The lowest BCUT2D eigenvalue weighted by Crippen LogP contribution is -2.46. The number of likely N-dealkylation sites (N-methyl/N-ethyl adjacent to an activating group) is 1. The number of aliphatic carboxylic acids is 1. The lowest BCUT2D eigenvalue weighted by Gasteiger charge is -2.37. The van der Waals surface area contributed by atoms with E-state index in [1.165, 1.54) is 0 Å².